The van der Waals surface area contributed by atoms with Gasteiger partial charge in [-0.15, -0.1) is 0 Å². The van der Waals surface area contributed by atoms with E-state index in [4.69, 9.17) is 5.73 Å². The van der Waals surface area contributed by atoms with Crippen LogP contribution in [0.1, 0.15) is 31.4 Å². The van der Waals surface area contributed by atoms with Gasteiger partial charge < -0.3 is 15.9 Å². The van der Waals surface area contributed by atoms with E-state index in [0.29, 0.717) is 12.0 Å². The summed E-state index contributed by atoms with van der Waals surface area (Å²) < 4.78 is 0. The molecule has 0 amide bonds. The second-order valence-corrected chi connectivity index (χ2v) is 3.80. The van der Waals surface area contributed by atoms with E-state index in [2.05, 4.69) is 0 Å². The minimum absolute atomic E-state index is 0.370. The molecule has 0 saturated heterocycles. The molecule has 0 aromatic heterocycles. The number of rotatable bonds is 5. The second kappa shape index (κ2) is 5.85. The SMILES string of the molecule is CCC[C@H](N)C(O)C(O)c1ccccc1. The van der Waals surface area contributed by atoms with E-state index in [1.165, 1.54) is 0 Å². The van der Waals surface area contributed by atoms with Crippen molar-refractivity contribution in [2.75, 3.05) is 0 Å². The largest absolute Gasteiger partial charge is 0.388 e. The van der Waals surface area contributed by atoms with Gasteiger partial charge in [-0.2, -0.15) is 0 Å². The molecule has 1 aromatic carbocycles. The highest BCUT2D eigenvalue weighted by molar-refractivity contribution is 5.18. The molecule has 0 spiro atoms. The molecule has 15 heavy (non-hydrogen) atoms. The van der Waals surface area contributed by atoms with Gasteiger partial charge in [0.25, 0.3) is 0 Å². The maximum absolute atomic E-state index is 9.86. The van der Waals surface area contributed by atoms with Crippen molar-refractivity contribution in [2.24, 2.45) is 5.73 Å². The normalized spacial score (nSPS) is 17.1. The molecule has 3 nitrogen and oxygen atoms in total. The van der Waals surface area contributed by atoms with Gasteiger partial charge in [0.15, 0.2) is 0 Å². The van der Waals surface area contributed by atoms with Crippen molar-refractivity contribution in [1.82, 2.24) is 0 Å². The molecule has 3 atom stereocenters. The van der Waals surface area contributed by atoms with Crippen LogP contribution in [0.5, 0.6) is 0 Å². The molecule has 0 bridgehead atoms. The molecule has 84 valence electrons. The number of aliphatic hydroxyl groups excluding tert-OH is 2. The van der Waals surface area contributed by atoms with Crippen LogP contribution in [0.3, 0.4) is 0 Å². The lowest BCUT2D eigenvalue weighted by Crippen LogP contribution is -2.38. The molecule has 4 N–H and O–H groups in total. The minimum atomic E-state index is -0.896. The maximum Gasteiger partial charge on any atom is 0.106 e. The Morgan fingerprint density at radius 3 is 2.33 bits per heavy atom. The summed E-state index contributed by atoms with van der Waals surface area (Å²) in [5, 5.41) is 19.7. The lowest BCUT2D eigenvalue weighted by atomic mass is 9.97. The zero-order chi connectivity index (χ0) is 11.3. The quantitative estimate of drug-likeness (QED) is 0.683. The summed E-state index contributed by atoms with van der Waals surface area (Å²) in [6.07, 6.45) is -0.176. The molecule has 3 heteroatoms. The van der Waals surface area contributed by atoms with E-state index in [0.717, 1.165) is 6.42 Å². The first kappa shape index (κ1) is 12.2. The fourth-order valence-electron chi connectivity index (χ4n) is 1.59. The fourth-order valence-corrected chi connectivity index (χ4v) is 1.59. The van der Waals surface area contributed by atoms with Gasteiger partial charge in [0, 0.05) is 6.04 Å². The van der Waals surface area contributed by atoms with E-state index in [9.17, 15) is 10.2 Å². The summed E-state index contributed by atoms with van der Waals surface area (Å²) in [5.74, 6) is 0. The topological polar surface area (TPSA) is 66.5 Å². The molecular weight excluding hydrogens is 190 g/mol. The Morgan fingerprint density at radius 2 is 1.80 bits per heavy atom. The molecule has 0 radical (unpaired) electrons. The van der Waals surface area contributed by atoms with Crippen LogP contribution in [0.15, 0.2) is 30.3 Å². The monoisotopic (exact) mass is 209 g/mol. The first-order chi connectivity index (χ1) is 7.16. The van der Waals surface area contributed by atoms with Crippen LogP contribution in [0, 0.1) is 0 Å². The molecule has 0 aliphatic rings. The van der Waals surface area contributed by atoms with Crippen LogP contribution < -0.4 is 5.73 Å². The molecular formula is C12H19NO2. The Hall–Kier alpha value is -0.900. The first-order valence-electron chi connectivity index (χ1n) is 5.33. The average Bonchev–Trinajstić information content (AvgIpc) is 2.28. The third kappa shape index (κ3) is 3.30. The van der Waals surface area contributed by atoms with Crippen molar-refractivity contribution in [1.29, 1.82) is 0 Å². The fraction of sp³-hybridized carbons (Fsp3) is 0.500. The highest BCUT2D eigenvalue weighted by Gasteiger charge is 2.23. The zero-order valence-corrected chi connectivity index (χ0v) is 9.00. The van der Waals surface area contributed by atoms with Gasteiger partial charge in [-0.3, -0.25) is 0 Å². The number of hydrogen-bond donors (Lipinski definition) is 3. The highest BCUT2D eigenvalue weighted by atomic mass is 16.3. The predicted molar refractivity (Wildman–Crippen MR) is 60.3 cm³/mol. The van der Waals surface area contributed by atoms with Crippen molar-refractivity contribution in [3.05, 3.63) is 35.9 Å². The molecule has 2 unspecified atom stereocenters. The van der Waals surface area contributed by atoms with Gasteiger partial charge >= 0.3 is 0 Å². The Kier molecular flexibility index (Phi) is 4.75. The Bertz CT molecular complexity index is 276. The smallest absolute Gasteiger partial charge is 0.106 e. The highest BCUT2D eigenvalue weighted by Crippen LogP contribution is 2.19. The van der Waals surface area contributed by atoms with Crippen molar-refractivity contribution in [2.45, 2.75) is 38.0 Å². The molecule has 0 aliphatic carbocycles. The van der Waals surface area contributed by atoms with Crippen LogP contribution in [0.25, 0.3) is 0 Å². The number of nitrogens with two attached hydrogens (primary N) is 1. The minimum Gasteiger partial charge on any atom is -0.388 e. The molecule has 0 aliphatic heterocycles. The number of benzene rings is 1. The molecule has 0 saturated carbocycles. The van der Waals surface area contributed by atoms with Crippen molar-refractivity contribution < 1.29 is 10.2 Å². The standard InChI is InChI=1S/C12H19NO2/c1-2-6-10(13)12(15)11(14)9-7-4-3-5-8-9/h3-5,7-8,10-12,14-15H,2,6,13H2,1H3/t10-,11?,12?/m0/s1. The molecule has 1 rings (SSSR count). The van der Waals surface area contributed by atoms with Crippen molar-refractivity contribution in [3.63, 3.8) is 0 Å². The predicted octanol–water partition coefficient (Wildman–Crippen LogP) is 1.21. The third-order valence-corrected chi connectivity index (χ3v) is 2.53. The summed E-state index contributed by atoms with van der Waals surface area (Å²) in [4.78, 5) is 0. The maximum atomic E-state index is 9.86. The molecule has 0 fully saturated rings. The van der Waals surface area contributed by atoms with E-state index in [-0.39, 0.29) is 6.04 Å². The Labute approximate surface area is 90.5 Å². The van der Waals surface area contributed by atoms with Crippen LogP contribution >= 0.6 is 0 Å². The van der Waals surface area contributed by atoms with Gasteiger partial charge in [-0.05, 0) is 12.0 Å². The van der Waals surface area contributed by atoms with Crippen LogP contribution in [0.2, 0.25) is 0 Å². The number of aliphatic hydroxyl groups is 2. The van der Waals surface area contributed by atoms with E-state index >= 15 is 0 Å². The summed E-state index contributed by atoms with van der Waals surface area (Å²) in [7, 11) is 0. The van der Waals surface area contributed by atoms with Crippen LogP contribution in [-0.2, 0) is 0 Å². The van der Waals surface area contributed by atoms with Gasteiger partial charge in [-0.1, -0.05) is 43.7 Å². The van der Waals surface area contributed by atoms with Crippen LogP contribution in [0.4, 0.5) is 0 Å². The molecule has 0 heterocycles. The zero-order valence-electron chi connectivity index (χ0n) is 9.00. The van der Waals surface area contributed by atoms with Crippen molar-refractivity contribution in [3.8, 4) is 0 Å². The third-order valence-electron chi connectivity index (χ3n) is 2.53. The van der Waals surface area contributed by atoms with Gasteiger partial charge in [-0.25, -0.2) is 0 Å². The first-order valence-corrected chi connectivity index (χ1v) is 5.33. The van der Waals surface area contributed by atoms with Gasteiger partial charge in [0.05, 0.1) is 6.10 Å². The van der Waals surface area contributed by atoms with E-state index in [1.807, 2.05) is 25.1 Å². The van der Waals surface area contributed by atoms with E-state index in [1.54, 1.807) is 12.1 Å². The average molecular weight is 209 g/mol. The molecule has 1 aromatic rings. The summed E-state index contributed by atoms with van der Waals surface area (Å²) in [6.45, 7) is 2.00. The van der Waals surface area contributed by atoms with E-state index < -0.39 is 12.2 Å². The summed E-state index contributed by atoms with van der Waals surface area (Å²) in [6, 6.07) is 8.73. The lowest BCUT2D eigenvalue weighted by Gasteiger charge is -2.23. The second-order valence-electron chi connectivity index (χ2n) is 3.80. The van der Waals surface area contributed by atoms with Gasteiger partial charge in [0.2, 0.25) is 0 Å². The van der Waals surface area contributed by atoms with Crippen molar-refractivity contribution >= 4 is 0 Å². The number of hydrogen-bond acceptors (Lipinski definition) is 3. The summed E-state index contributed by atoms with van der Waals surface area (Å²) in [5.41, 5.74) is 6.46. The Balaban J connectivity index is 2.64. The van der Waals surface area contributed by atoms with Gasteiger partial charge in [0.1, 0.15) is 6.10 Å². The lowest BCUT2D eigenvalue weighted by molar-refractivity contribution is 0.00109. The Morgan fingerprint density at radius 1 is 1.20 bits per heavy atom. The summed E-state index contributed by atoms with van der Waals surface area (Å²) >= 11 is 0. The van der Waals surface area contributed by atoms with Crippen LogP contribution in [-0.4, -0.2) is 22.4 Å².